The number of hydrogen-bond acceptors (Lipinski definition) is 7. The van der Waals surface area contributed by atoms with Crippen LogP contribution < -0.4 is 4.72 Å². The molecule has 0 radical (unpaired) electrons. The van der Waals surface area contributed by atoms with Crippen LogP contribution in [0.5, 0.6) is 0 Å². The predicted octanol–water partition coefficient (Wildman–Crippen LogP) is 1.92. The fourth-order valence-electron chi connectivity index (χ4n) is 4.22. The van der Waals surface area contributed by atoms with Gasteiger partial charge in [-0.25, -0.2) is 4.98 Å². The number of fused-ring (bicyclic) bond motifs is 2. The van der Waals surface area contributed by atoms with Gasteiger partial charge >= 0.3 is 16.5 Å². The number of likely N-dealkylation sites (N-methyl/N-ethyl adjacent to an activating group) is 1. The van der Waals surface area contributed by atoms with E-state index in [1.165, 1.54) is 22.8 Å². The Balaban J connectivity index is 1.41. The fraction of sp³-hybridized carbons (Fsp3) is 0.364. The molecule has 0 saturated carbocycles. The van der Waals surface area contributed by atoms with Crippen molar-refractivity contribution in [1.29, 1.82) is 5.41 Å². The van der Waals surface area contributed by atoms with Gasteiger partial charge < -0.3 is 15.3 Å². The highest BCUT2D eigenvalue weighted by Gasteiger charge is 2.48. The molecule has 5 rings (SSSR count). The summed E-state index contributed by atoms with van der Waals surface area (Å²) >= 11 is 0. The molecule has 3 aliphatic rings. The molecule has 2 unspecified atom stereocenters. The summed E-state index contributed by atoms with van der Waals surface area (Å²) < 4.78 is 65.3. The Morgan fingerprint density at radius 1 is 1.29 bits per heavy atom. The van der Waals surface area contributed by atoms with Gasteiger partial charge in [-0.15, -0.1) is 8.78 Å². The Kier molecular flexibility index (Phi) is 6.05. The van der Waals surface area contributed by atoms with Crippen LogP contribution in [-0.4, -0.2) is 85.5 Å². The van der Waals surface area contributed by atoms with Gasteiger partial charge in [0.25, 0.3) is 0 Å². The minimum atomic E-state index is -3.75. The van der Waals surface area contributed by atoms with Gasteiger partial charge in [0.2, 0.25) is 0 Å². The third-order valence-electron chi connectivity index (χ3n) is 6.18. The lowest BCUT2D eigenvalue weighted by molar-refractivity contribution is -0.347. The molecule has 10 nitrogen and oxygen atoms in total. The predicted molar refractivity (Wildman–Crippen MR) is 126 cm³/mol. The van der Waals surface area contributed by atoms with E-state index in [0.29, 0.717) is 59.5 Å². The molecule has 0 spiro atoms. The average Bonchev–Trinajstić information content (AvgIpc) is 3.37. The Hall–Kier alpha value is -2.97. The van der Waals surface area contributed by atoms with Crippen LogP contribution in [0.15, 0.2) is 42.9 Å². The van der Waals surface area contributed by atoms with E-state index in [4.69, 9.17) is 5.41 Å². The van der Waals surface area contributed by atoms with Gasteiger partial charge in [0.15, 0.2) is 0 Å². The van der Waals surface area contributed by atoms with Gasteiger partial charge in [0.1, 0.15) is 17.9 Å². The quantitative estimate of drug-likeness (QED) is 0.515. The van der Waals surface area contributed by atoms with E-state index in [1.807, 2.05) is 7.05 Å². The maximum absolute atomic E-state index is 13.4. The maximum atomic E-state index is 13.4. The van der Waals surface area contributed by atoms with Gasteiger partial charge in [-0.1, -0.05) is 12.2 Å². The van der Waals surface area contributed by atoms with Gasteiger partial charge in [0.05, 0.1) is 0 Å². The smallest absolute Gasteiger partial charge is 0.346 e. The molecule has 4 heterocycles. The summed E-state index contributed by atoms with van der Waals surface area (Å²) in [6, 6.07) is 1.76. The number of allylic oxidation sites excluding steroid dienone is 3. The summed E-state index contributed by atoms with van der Waals surface area (Å²) in [7, 11) is -1.82. The first-order valence-corrected chi connectivity index (χ1v) is 12.4. The topological polar surface area (TPSA) is 124 Å². The lowest BCUT2D eigenvalue weighted by atomic mass is 9.96. The van der Waals surface area contributed by atoms with E-state index in [-0.39, 0.29) is 0 Å². The monoisotopic (exact) mass is 506 g/mol. The van der Waals surface area contributed by atoms with Crippen LogP contribution in [-0.2, 0) is 19.7 Å². The molecule has 2 fully saturated rings. The highest BCUT2D eigenvalue weighted by Crippen LogP contribution is 2.38. The van der Waals surface area contributed by atoms with E-state index >= 15 is 0 Å². The first-order chi connectivity index (χ1) is 16.6. The van der Waals surface area contributed by atoms with Crippen molar-refractivity contribution in [1.82, 2.24) is 23.9 Å². The van der Waals surface area contributed by atoms with E-state index in [0.717, 1.165) is 6.21 Å². The second-order valence-corrected chi connectivity index (χ2v) is 10.2. The van der Waals surface area contributed by atoms with Gasteiger partial charge in [0, 0.05) is 73.1 Å². The molecule has 13 heteroatoms. The molecule has 2 aliphatic heterocycles. The Morgan fingerprint density at radius 3 is 2.77 bits per heavy atom. The molecule has 0 aromatic carbocycles. The number of rotatable bonds is 6. The maximum Gasteiger partial charge on any atom is 0.486 e. The zero-order valence-corrected chi connectivity index (χ0v) is 19.6. The second-order valence-electron chi connectivity index (χ2n) is 8.50. The van der Waals surface area contributed by atoms with Crippen molar-refractivity contribution >= 4 is 38.6 Å². The zero-order chi connectivity index (χ0) is 24.8. The molecule has 2 aromatic rings. The zero-order valence-electron chi connectivity index (χ0n) is 18.7. The number of hydrogen-bond donors (Lipinski definition) is 3. The molecule has 3 N–H and O–H groups in total. The average molecular weight is 507 g/mol. The van der Waals surface area contributed by atoms with Crippen LogP contribution in [0.2, 0.25) is 0 Å². The van der Waals surface area contributed by atoms with Crippen LogP contribution >= 0.6 is 0 Å². The normalized spacial score (nSPS) is 25.5. The van der Waals surface area contributed by atoms with E-state index in [9.17, 15) is 17.2 Å². The van der Waals surface area contributed by atoms with Crippen LogP contribution in [0.3, 0.4) is 0 Å². The molecule has 0 bridgehead atoms. The summed E-state index contributed by atoms with van der Waals surface area (Å²) in [5.41, 5.74) is 2.72. The van der Waals surface area contributed by atoms with Crippen LogP contribution in [0.1, 0.15) is 11.1 Å². The number of nitrogens with one attached hydrogen (secondary N) is 3. The van der Waals surface area contributed by atoms with Crippen molar-refractivity contribution in [3.8, 4) is 0 Å². The number of nitrogens with zero attached hydrogens (tertiary/aromatic N) is 3. The number of H-pyrrole nitrogens is 1. The number of halogens is 2. The van der Waals surface area contributed by atoms with Crippen molar-refractivity contribution in [3.63, 3.8) is 0 Å². The SMILES string of the molecule is CN1CCN(S(=O)(=O)N/C=C(\C=N)c2cnc3[nH]cc(C4=CC5OC(F)(F)OC5C=C4)c3c2)CC1. The van der Waals surface area contributed by atoms with Crippen LogP contribution in [0, 0.1) is 5.41 Å². The van der Waals surface area contributed by atoms with Gasteiger partial charge in [-0.05, 0) is 24.8 Å². The fourth-order valence-corrected chi connectivity index (χ4v) is 5.29. The Bertz CT molecular complexity index is 1340. The Morgan fingerprint density at radius 2 is 2.03 bits per heavy atom. The van der Waals surface area contributed by atoms with Gasteiger partial charge in [-0.3, -0.25) is 14.2 Å². The minimum absolute atomic E-state index is 0.310. The van der Waals surface area contributed by atoms with E-state index in [1.54, 1.807) is 24.4 Å². The summed E-state index contributed by atoms with van der Waals surface area (Å²) in [6.07, 6.45) is 4.88. The molecule has 1 aliphatic carbocycles. The molecule has 2 atom stereocenters. The van der Waals surface area contributed by atoms with Crippen molar-refractivity contribution in [3.05, 3.63) is 54.0 Å². The number of piperazine rings is 1. The number of ether oxygens (including phenoxy) is 2. The van der Waals surface area contributed by atoms with Crippen molar-refractivity contribution in [2.24, 2.45) is 0 Å². The number of pyridine rings is 1. The molecule has 2 aromatic heterocycles. The molecular weight excluding hydrogens is 482 g/mol. The second kappa shape index (κ2) is 8.91. The van der Waals surface area contributed by atoms with Crippen molar-refractivity contribution in [2.75, 3.05) is 33.2 Å². The van der Waals surface area contributed by atoms with Crippen molar-refractivity contribution < 1.29 is 26.7 Å². The molecule has 35 heavy (non-hydrogen) atoms. The largest absolute Gasteiger partial charge is 0.486 e. The summed E-state index contributed by atoms with van der Waals surface area (Å²) in [6.45, 7) is 2.04. The lowest BCUT2D eigenvalue weighted by Crippen LogP contribution is -2.50. The molecule has 186 valence electrons. The molecule has 2 saturated heterocycles. The van der Waals surface area contributed by atoms with Crippen LogP contribution in [0.4, 0.5) is 8.78 Å². The highest BCUT2D eigenvalue weighted by molar-refractivity contribution is 7.87. The van der Waals surface area contributed by atoms with Gasteiger partial charge in [-0.2, -0.15) is 12.7 Å². The first-order valence-electron chi connectivity index (χ1n) is 10.9. The van der Waals surface area contributed by atoms with E-state index in [2.05, 4.69) is 29.1 Å². The lowest BCUT2D eigenvalue weighted by Gasteiger charge is -2.31. The van der Waals surface area contributed by atoms with Crippen molar-refractivity contribution in [2.45, 2.75) is 18.5 Å². The highest BCUT2D eigenvalue weighted by atomic mass is 32.2. The van der Waals surface area contributed by atoms with Crippen LogP contribution in [0.25, 0.3) is 22.2 Å². The third kappa shape index (κ3) is 4.77. The molecular formula is C22H24F2N6O4S. The minimum Gasteiger partial charge on any atom is -0.346 e. The Labute approximate surface area is 200 Å². The third-order valence-corrected chi connectivity index (χ3v) is 7.64. The first kappa shape index (κ1) is 23.8. The summed E-state index contributed by atoms with van der Waals surface area (Å²) in [4.78, 5) is 9.47. The standard InChI is InChI=1S/C22H24F2N6O4S/c1-29-4-6-30(7-5-29)35(31,32)28-12-16(10-25)15-8-17-18(13-27-21(17)26-11-15)14-2-3-19-20(9-14)34-22(23,24)33-19/h2-3,8-13,19-20,25,28H,4-7H2,1H3,(H,26,27)/b16-12+,25-10?. The summed E-state index contributed by atoms with van der Waals surface area (Å²) in [5.74, 6) is 0. The number of aromatic amines is 1. The molecule has 0 amide bonds. The number of alkyl halides is 2. The van der Waals surface area contributed by atoms with E-state index < -0.39 is 28.7 Å². The number of aromatic nitrogens is 2. The summed E-state index contributed by atoms with van der Waals surface area (Å²) in [5, 5.41) is 8.48.